The fourth-order valence-corrected chi connectivity index (χ4v) is 4.16. The monoisotopic (exact) mass is 476 g/mol. The number of anilines is 1. The second-order valence-corrected chi connectivity index (χ2v) is 9.79. The highest BCUT2D eigenvalue weighted by Gasteiger charge is 2.22. The van der Waals surface area contributed by atoms with Crippen LogP contribution >= 0.6 is 11.8 Å². The minimum absolute atomic E-state index is 0.156. The summed E-state index contributed by atoms with van der Waals surface area (Å²) in [4.78, 5) is 12.9. The summed E-state index contributed by atoms with van der Waals surface area (Å²) in [7, 11) is 0. The Labute approximate surface area is 203 Å². The van der Waals surface area contributed by atoms with Crippen LogP contribution in [0.15, 0.2) is 71.0 Å². The van der Waals surface area contributed by atoms with Crippen molar-refractivity contribution in [2.75, 3.05) is 11.1 Å². The Morgan fingerprint density at radius 2 is 1.97 bits per heavy atom. The highest BCUT2D eigenvalue weighted by Crippen LogP contribution is 2.28. The smallest absolute Gasteiger partial charge is 0.236 e. The number of carbonyl (C=O) groups is 1. The maximum Gasteiger partial charge on any atom is 0.236 e. The van der Waals surface area contributed by atoms with E-state index in [1.54, 1.807) is 17.0 Å². The van der Waals surface area contributed by atoms with E-state index in [0.717, 1.165) is 22.7 Å². The first kappa shape index (κ1) is 23.6. The summed E-state index contributed by atoms with van der Waals surface area (Å²) in [5, 5.41) is 17.0. The fourth-order valence-electron chi connectivity index (χ4n) is 3.42. The van der Waals surface area contributed by atoms with E-state index in [9.17, 15) is 4.79 Å². The van der Waals surface area contributed by atoms with Gasteiger partial charge >= 0.3 is 0 Å². The lowest BCUT2D eigenvalue weighted by Crippen LogP contribution is -2.17. The van der Waals surface area contributed by atoms with E-state index in [1.807, 2.05) is 54.0 Å². The van der Waals surface area contributed by atoms with E-state index < -0.39 is 0 Å². The lowest BCUT2D eigenvalue weighted by atomic mass is 9.92. The molecule has 0 radical (unpaired) electrons. The molecule has 0 fully saturated rings. The number of hydrogen-bond donors (Lipinski definition) is 1. The molecule has 176 valence electrons. The number of amides is 1. The number of aromatic nitrogens is 5. The molecule has 0 aliphatic heterocycles. The molecule has 0 spiro atoms. The van der Waals surface area contributed by atoms with E-state index in [2.05, 4.69) is 42.9 Å². The summed E-state index contributed by atoms with van der Waals surface area (Å²) in [5.41, 5.74) is 2.49. The second-order valence-electron chi connectivity index (χ2n) is 8.84. The normalized spacial score (nSPS) is 11.5. The zero-order valence-corrected chi connectivity index (χ0v) is 20.6. The van der Waals surface area contributed by atoms with Crippen LogP contribution < -0.4 is 5.32 Å². The quantitative estimate of drug-likeness (QED) is 0.276. The summed E-state index contributed by atoms with van der Waals surface area (Å²) in [6, 6.07) is 13.5. The van der Waals surface area contributed by atoms with Crippen molar-refractivity contribution in [2.45, 2.75) is 44.8 Å². The minimum atomic E-state index is -0.156. The molecule has 3 aromatic heterocycles. The molecule has 3 heterocycles. The van der Waals surface area contributed by atoms with Gasteiger partial charge in [-0.1, -0.05) is 56.8 Å². The van der Waals surface area contributed by atoms with Gasteiger partial charge in [-0.25, -0.2) is 4.68 Å². The van der Waals surface area contributed by atoms with E-state index in [-0.39, 0.29) is 17.1 Å². The topological polar surface area (TPSA) is 90.8 Å². The van der Waals surface area contributed by atoms with Crippen LogP contribution in [0, 0.1) is 6.92 Å². The number of allylic oxidation sites excluding steroid dienone is 1. The zero-order valence-electron chi connectivity index (χ0n) is 19.8. The number of para-hydroxylation sites is 1. The van der Waals surface area contributed by atoms with E-state index >= 15 is 0 Å². The van der Waals surface area contributed by atoms with Gasteiger partial charge in [-0.15, -0.1) is 16.8 Å². The molecule has 4 aromatic rings. The van der Waals surface area contributed by atoms with Gasteiger partial charge in [0.1, 0.15) is 11.6 Å². The lowest BCUT2D eigenvalue weighted by molar-refractivity contribution is -0.113. The van der Waals surface area contributed by atoms with Crippen molar-refractivity contribution in [1.29, 1.82) is 0 Å². The number of nitrogens with one attached hydrogen (secondary N) is 1. The van der Waals surface area contributed by atoms with Gasteiger partial charge in [0.15, 0.2) is 11.0 Å². The Balaban J connectivity index is 1.53. The van der Waals surface area contributed by atoms with Crippen LogP contribution in [0.3, 0.4) is 0 Å². The predicted octanol–water partition coefficient (Wildman–Crippen LogP) is 5.25. The number of rotatable bonds is 8. The average molecular weight is 477 g/mol. The third-order valence-electron chi connectivity index (χ3n) is 5.21. The molecule has 0 bridgehead atoms. The number of nitrogens with zero attached hydrogens (tertiary/aromatic N) is 5. The Morgan fingerprint density at radius 1 is 1.21 bits per heavy atom. The maximum absolute atomic E-state index is 12.9. The van der Waals surface area contributed by atoms with Crippen molar-refractivity contribution in [3.8, 4) is 17.1 Å². The van der Waals surface area contributed by atoms with Gasteiger partial charge in [-0.3, -0.25) is 9.36 Å². The molecule has 0 unspecified atom stereocenters. The molecular weight excluding hydrogens is 448 g/mol. The first-order valence-electron chi connectivity index (χ1n) is 10.9. The number of benzene rings is 1. The van der Waals surface area contributed by atoms with Crippen molar-refractivity contribution >= 4 is 23.5 Å². The Morgan fingerprint density at radius 3 is 2.62 bits per heavy atom. The van der Waals surface area contributed by atoms with Crippen LogP contribution in [0.1, 0.15) is 32.2 Å². The molecule has 1 amide bonds. The van der Waals surface area contributed by atoms with Crippen molar-refractivity contribution in [3.63, 3.8) is 0 Å². The molecular formula is C25H28N6O2S. The molecule has 0 aliphatic carbocycles. The standard InChI is InChI=1S/C25H28N6O2S/c1-6-13-30-23(19-12-14-33-17(19)2)27-28-24(30)34-16-22(32)26-21-15-20(25(3,4)5)29-31(21)18-10-8-7-9-11-18/h6-12,14-15H,1,13,16H2,2-5H3,(H,26,32). The molecule has 8 nitrogen and oxygen atoms in total. The third-order valence-corrected chi connectivity index (χ3v) is 6.17. The maximum atomic E-state index is 12.9. The van der Waals surface area contributed by atoms with Crippen LogP contribution in [0.4, 0.5) is 5.82 Å². The van der Waals surface area contributed by atoms with Gasteiger partial charge in [-0.05, 0) is 25.1 Å². The highest BCUT2D eigenvalue weighted by molar-refractivity contribution is 7.99. The highest BCUT2D eigenvalue weighted by atomic mass is 32.2. The summed E-state index contributed by atoms with van der Waals surface area (Å²) in [5.74, 6) is 2.09. The van der Waals surface area contributed by atoms with Crippen molar-refractivity contribution in [2.24, 2.45) is 0 Å². The largest absolute Gasteiger partial charge is 0.469 e. The van der Waals surface area contributed by atoms with Crippen LogP contribution in [0.2, 0.25) is 0 Å². The first-order valence-corrected chi connectivity index (χ1v) is 11.9. The first-order chi connectivity index (χ1) is 16.3. The molecule has 9 heteroatoms. The Hall–Kier alpha value is -3.59. The number of thioether (sulfide) groups is 1. The number of furan rings is 1. The molecule has 0 atom stereocenters. The SMILES string of the molecule is C=CCn1c(SCC(=O)Nc2cc(C(C)(C)C)nn2-c2ccccc2)nnc1-c1ccoc1C. The van der Waals surface area contributed by atoms with E-state index in [0.29, 0.717) is 23.3 Å². The van der Waals surface area contributed by atoms with Crippen LogP contribution in [0.5, 0.6) is 0 Å². The number of carbonyl (C=O) groups excluding carboxylic acids is 1. The van der Waals surface area contributed by atoms with Gasteiger partial charge in [-0.2, -0.15) is 5.10 Å². The summed E-state index contributed by atoms with van der Waals surface area (Å²) < 4.78 is 9.11. The molecule has 4 rings (SSSR count). The molecule has 1 N–H and O–H groups in total. The molecule has 34 heavy (non-hydrogen) atoms. The van der Waals surface area contributed by atoms with E-state index in [1.165, 1.54) is 11.8 Å². The van der Waals surface area contributed by atoms with Crippen LogP contribution in [0.25, 0.3) is 17.1 Å². The van der Waals surface area contributed by atoms with Gasteiger partial charge < -0.3 is 9.73 Å². The zero-order chi connectivity index (χ0) is 24.3. The lowest BCUT2D eigenvalue weighted by Gasteiger charge is -2.14. The average Bonchev–Trinajstić information content (AvgIpc) is 3.51. The van der Waals surface area contributed by atoms with Crippen LogP contribution in [-0.2, 0) is 16.8 Å². The van der Waals surface area contributed by atoms with Gasteiger partial charge in [0.05, 0.1) is 29.0 Å². The van der Waals surface area contributed by atoms with Gasteiger partial charge in [0.2, 0.25) is 5.91 Å². The minimum Gasteiger partial charge on any atom is -0.469 e. The second kappa shape index (κ2) is 9.72. The fraction of sp³-hybridized carbons (Fsp3) is 0.280. The van der Waals surface area contributed by atoms with Gasteiger partial charge in [0.25, 0.3) is 0 Å². The molecule has 0 aliphatic rings. The molecule has 1 aromatic carbocycles. The van der Waals surface area contributed by atoms with Crippen LogP contribution in [-0.4, -0.2) is 36.2 Å². The molecule has 0 saturated carbocycles. The van der Waals surface area contributed by atoms with Crippen molar-refractivity contribution in [3.05, 3.63) is 72.8 Å². The number of hydrogen-bond acceptors (Lipinski definition) is 6. The van der Waals surface area contributed by atoms with E-state index in [4.69, 9.17) is 9.52 Å². The summed E-state index contributed by atoms with van der Waals surface area (Å²) in [6.45, 7) is 12.5. The number of aryl methyl sites for hydroxylation is 1. The Kier molecular flexibility index (Phi) is 6.74. The third kappa shape index (κ3) is 4.99. The summed E-state index contributed by atoms with van der Waals surface area (Å²) in [6.07, 6.45) is 3.40. The Bertz CT molecular complexity index is 1300. The van der Waals surface area contributed by atoms with Crippen molar-refractivity contribution in [1.82, 2.24) is 24.5 Å². The molecule has 0 saturated heterocycles. The van der Waals surface area contributed by atoms with Crippen molar-refractivity contribution < 1.29 is 9.21 Å². The van der Waals surface area contributed by atoms with Gasteiger partial charge in [0, 0.05) is 18.0 Å². The predicted molar refractivity (Wildman–Crippen MR) is 134 cm³/mol. The summed E-state index contributed by atoms with van der Waals surface area (Å²) >= 11 is 1.32.